The molecule has 0 bridgehead atoms. The van der Waals surface area contributed by atoms with Crippen LogP contribution in [-0.4, -0.2) is 61.2 Å². The van der Waals surface area contributed by atoms with Gasteiger partial charge < -0.3 is 19.9 Å². The standard InChI is InChI=1S/C20H29N3O2/c24-20(23-11-5-7-18(23)14-22-9-3-4-10-22)21-13-16-12-17-6-1-2-8-19(17)25-15-16/h1-2,6,8,16,18H,3-5,7,9-15H2,(H,21,24)/t16-,18-/m0/s1. The molecule has 0 aromatic heterocycles. The average Bonchev–Trinajstić information content (AvgIpc) is 3.32. The number of hydrogen-bond donors (Lipinski definition) is 1. The van der Waals surface area contributed by atoms with Gasteiger partial charge in [0.1, 0.15) is 5.75 Å². The van der Waals surface area contributed by atoms with Crippen LogP contribution in [0.5, 0.6) is 5.75 Å². The number of para-hydroxylation sites is 1. The fourth-order valence-corrected chi connectivity index (χ4v) is 4.41. The van der Waals surface area contributed by atoms with E-state index in [0.717, 1.165) is 38.1 Å². The Morgan fingerprint density at radius 3 is 2.88 bits per heavy atom. The summed E-state index contributed by atoms with van der Waals surface area (Å²) >= 11 is 0. The van der Waals surface area contributed by atoms with Gasteiger partial charge in [0.2, 0.25) is 0 Å². The SMILES string of the molecule is O=C(NC[C@H]1COc2ccccc2C1)N1CCC[C@H]1CN1CCCC1. The molecule has 2 saturated heterocycles. The Bertz CT molecular complexity index is 600. The molecule has 5 nitrogen and oxygen atoms in total. The quantitative estimate of drug-likeness (QED) is 0.914. The summed E-state index contributed by atoms with van der Waals surface area (Å²) in [5.74, 6) is 1.36. The first-order valence-corrected chi connectivity index (χ1v) is 9.77. The average molecular weight is 343 g/mol. The molecule has 1 aromatic carbocycles. The molecule has 0 aliphatic carbocycles. The molecule has 0 saturated carbocycles. The topological polar surface area (TPSA) is 44.8 Å². The van der Waals surface area contributed by atoms with Crippen LogP contribution in [0.1, 0.15) is 31.2 Å². The molecule has 2 fully saturated rings. The third kappa shape index (κ3) is 3.92. The van der Waals surface area contributed by atoms with Gasteiger partial charge in [0.05, 0.1) is 6.61 Å². The minimum absolute atomic E-state index is 0.112. The highest BCUT2D eigenvalue weighted by molar-refractivity contribution is 5.74. The van der Waals surface area contributed by atoms with Gasteiger partial charge in [0.15, 0.2) is 0 Å². The number of carbonyl (C=O) groups is 1. The van der Waals surface area contributed by atoms with Crippen molar-refractivity contribution in [1.82, 2.24) is 15.1 Å². The Kier molecular flexibility index (Phi) is 5.11. The molecule has 2 atom stereocenters. The largest absolute Gasteiger partial charge is 0.493 e. The normalized spacial score (nSPS) is 26.3. The van der Waals surface area contributed by atoms with Gasteiger partial charge in [-0.25, -0.2) is 4.79 Å². The molecule has 136 valence electrons. The number of benzene rings is 1. The number of nitrogens with zero attached hydrogens (tertiary/aromatic N) is 2. The highest BCUT2D eigenvalue weighted by Gasteiger charge is 2.31. The molecule has 1 aromatic rings. The maximum Gasteiger partial charge on any atom is 0.317 e. The monoisotopic (exact) mass is 343 g/mol. The minimum atomic E-state index is 0.112. The van der Waals surface area contributed by atoms with Crippen molar-refractivity contribution in [3.05, 3.63) is 29.8 Å². The number of nitrogens with one attached hydrogen (secondary N) is 1. The van der Waals surface area contributed by atoms with Crippen molar-refractivity contribution < 1.29 is 9.53 Å². The van der Waals surface area contributed by atoms with E-state index in [9.17, 15) is 4.79 Å². The molecule has 25 heavy (non-hydrogen) atoms. The van der Waals surface area contributed by atoms with E-state index < -0.39 is 0 Å². The molecule has 2 amide bonds. The van der Waals surface area contributed by atoms with Crippen LogP contribution in [0.3, 0.4) is 0 Å². The lowest BCUT2D eigenvalue weighted by Gasteiger charge is -2.30. The summed E-state index contributed by atoms with van der Waals surface area (Å²) in [7, 11) is 0. The molecular formula is C20H29N3O2. The molecular weight excluding hydrogens is 314 g/mol. The van der Waals surface area contributed by atoms with E-state index in [1.54, 1.807) is 0 Å². The fourth-order valence-electron chi connectivity index (χ4n) is 4.41. The van der Waals surface area contributed by atoms with Gasteiger partial charge in [-0.2, -0.15) is 0 Å². The van der Waals surface area contributed by atoms with Crippen molar-refractivity contribution in [2.75, 3.05) is 39.3 Å². The number of carbonyl (C=O) groups excluding carboxylic acids is 1. The lowest BCUT2D eigenvalue weighted by atomic mass is 9.97. The zero-order chi connectivity index (χ0) is 17.1. The van der Waals surface area contributed by atoms with Gasteiger partial charge in [0, 0.05) is 31.6 Å². The second kappa shape index (κ2) is 7.65. The Balaban J connectivity index is 1.27. The second-order valence-electron chi connectivity index (χ2n) is 7.67. The Morgan fingerprint density at radius 2 is 2.00 bits per heavy atom. The van der Waals surface area contributed by atoms with E-state index >= 15 is 0 Å². The predicted octanol–water partition coefficient (Wildman–Crippen LogP) is 2.51. The van der Waals surface area contributed by atoms with Crippen LogP contribution in [0.15, 0.2) is 24.3 Å². The number of amides is 2. The zero-order valence-corrected chi connectivity index (χ0v) is 15.0. The number of hydrogen-bond acceptors (Lipinski definition) is 3. The van der Waals surface area contributed by atoms with Gasteiger partial charge in [-0.1, -0.05) is 18.2 Å². The third-order valence-corrected chi connectivity index (χ3v) is 5.80. The summed E-state index contributed by atoms with van der Waals surface area (Å²) < 4.78 is 5.83. The molecule has 0 radical (unpaired) electrons. The van der Waals surface area contributed by atoms with Gasteiger partial charge in [0.25, 0.3) is 0 Å². The van der Waals surface area contributed by atoms with Crippen molar-refractivity contribution in [2.24, 2.45) is 5.92 Å². The Morgan fingerprint density at radius 1 is 1.16 bits per heavy atom. The van der Waals surface area contributed by atoms with Crippen molar-refractivity contribution in [1.29, 1.82) is 0 Å². The molecule has 4 rings (SSSR count). The number of fused-ring (bicyclic) bond motifs is 1. The highest BCUT2D eigenvalue weighted by Crippen LogP contribution is 2.26. The summed E-state index contributed by atoms with van der Waals surface area (Å²) in [6.07, 6.45) is 5.87. The lowest BCUT2D eigenvalue weighted by molar-refractivity contribution is 0.168. The first kappa shape index (κ1) is 16.7. The highest BCUT2D eigenvalue weighted by atomic mass is 16.5. The summed E-state index contributed by atoms with van der Waals surface area (Å²) in [4.78, 5) is 17.3. The van der Waals surface area contributed by atoms with E-state index in [2.05, 4.69) is 27.2 Å². The fraction of sp³-hybridized carbons (Fsp3) is 0.650. The maximum absolute atomic E-state index is 12.7. The number of urea groups is 1. The molecule has 5 heteroatoms. The summed E-state index contributed by atoms with van der Waals surface area (Å²) in [5, 5.41) is 3.17. The smallest absolute Gasteiger partial charge is 0.317 e. The molecule has 0 spiro atoms. The molecule has 1 N–H and O–H groups in total. The molecule has 3 aliphatic rings. The number of likely N-dealkylation sites (tertiary alicyclic amines) is 2. The van der Waals surface area contributed by atoms with E-state index in [-0.39, 0.29) is 6.03 Å². The molecule has 0 unspecified atom stereocenters. The van der Waals surface area contributed by atoms with E-state index in [0.29, 0.717) is 25.1 Å². The molecule has 3 aliphatic heterocycles. The van der Waals surface area contributed by atoms with Crippen LogP contribution >= 0.6 is 0 Å². The zero-order valence-electron chi connectivity index (χ0n) is 15.0. The lowest BCUT2D eigenvalue weighted by Crippen LogP contribution is -2.48. The summed E-state index contributed by atoms with van der Waals surface area (Å²) in [5.41, 5.74) is 1.25. The van der Waals surface area contributed by atoms with Crippen LogP contribution in [0, 0.1) is 5.92 Å². The van der Waals surface area contributed by atoms with Crippen LogP contribution in [0.2, 0.25) is 0 Å². The summed E-state index contributed by atoms with van der Waals surface area (Å²) in [6, 6.07) is 8.71. The third-order valence-electron chi connectivity index (χ3n) is 5.80. The maximum atomic E-state index is 12.7. The number of ether oxygens (including phenoxy) is 1. The van der Waals surface area contributed by atoms with Crippen LogP contribution < -0.4 is 10.1 Å². The first-order chi connectivity index (χ1) is 12.3. The van der Waals surface area contributed by atoms with E-state index in [1.165, 1.54) is 31.5 Å². The van der Waals surface area contributed by atoms with Crippen LogP contribution in [0.4, 0.5) is 4.79 Å². The Hall–Kier alpha value is -1.75. The van der Waals surface area contributed by atoms with E-state index in [1.807, 2.05) is 12.1 Å². The predicted molar refractivity (Wildman–Crippen MR) is 97.9 cm³/mol. The molecule has 3 heterocycles. The van der Waals surface area contributed by atoms with Gasteiger partial charge in [-0.15, -0.1) is 0 Å². The Labute approximate surface area is 150 Å². The second-order valence-corrected chi connectivity index (χ2v) is 7.67. The number of rotatable bonds is 4. The van der Waals surface area contributed by atoms with Crippen LogP contribution in [-0.2, 0) is 6.42 Å². The van der Waals surface area contributed by atoms with Crippen molar-refractivity contribution >= 4 is 6.03 Å². The van der Waals surface area contributed by atoms with Crippen molar-refractivity contribution in [2.45, 2.75) is 38.1 Å². The van der Waals surface area contributed by atoms with Crippen LogP contribution in [0.25, 0.3) is 0 Å². The van der Waals surface area contributed by atoms with Gasteiger partial charge in [-0.05, 0) is 56.8 Å². The van der Waals surface area contributed by atoms with Crippen molar-refractivity contribution in [3.63, 3.8) is 0 Å². The first-order valence-electron chi connectivity index (χ1n) is 9.77. The van der Waals surface area contributed by atoms with Gasteiger partial charge in [-0.3, -0.25) is 0 Å². The van der Waals surface area contributed by atoms with E-state index in [4.69, 9.17) is 4.74 Å². The van der Waals surface area contributed by atoms with Crippen molar-refractivity contribution in [3.8, 4) is 5.75 Å². The summed E-state index contributed by atoms with van der Waals surface area (Å²) in [6.45, 7) is 5.73. The minimum Gasteiger partial charge on any atom is -0.493 e. The van der Waals surface area contributed by atoms with Gasteiger partial charge >= 0.3 is 6.03 Å².